The lowest BCUT2D eigenvalue weighted by Crippen LogP contribution is -1.86. The fourth-order valence-electron chi connectivity index (χ4n) is 0.929. The zero-order chi connectivity index (χ0) is 7.84. The minimum absolute atomic E-state index is 0.639. The lowest BCUT2D eigenvalue weighted by molar-refractivity contribution is 1.11. The van der Waals surface area contributed by atoms with Crippen LogP contribution in [0.2, 0.25) is 0 Å². The first-order valence-electron chi connectivity index (χ1n) is 3.00. The molecule has 2 heterocycles. The molecule has 0 fully saturated rings. The summed E-state index contributed by atoms with van der Waals surface area (Å²) in [5, 5.41) is 4.64. The Kier molecular flexibility index (Phi) is 1.62. The number of rotatable bonds is 0. The van der Waals surface area contributed by atoms with E-state index in [1.165, 1.54) is 0 Å². The fraction of sp³-hybridized carbons (Fsp3) is 0. The summed E-state index contributed by atoms with van der Waals surface area (Å²) in [6, 6.07) is 1.84. The molecule has 0 aliphatic carbocycles. The summed E-state index contributed by atoms with van der Waals surface area (Å²) in [4.78, 5) is 4.04. The van der Waals surface area contributed by atoms with Crippen LogP contribution in [-0.4, -0.2) is 4.98 Å². The van der Waals surface area contributed by atoms with Crippen LogP contribution in [0, 0.1) is 0 Å². The molecule has 4 heteroatoms. The predicted octanol–water partition coefficient (Wildman–Crippen LogP) is 2.63. The number of halogens is 2. The number of fused-ring (bicyclic) bond motifs is 1. The summed E-state index contributed by atoms with van der Waals surface area (Å²) in [6.07, 6.45) is 3.29. The van der Waals surface area contributed by atoms with E-state index in [1.807, 2.05) is 6.07 Å². The average Bonchev–Trinajstić information content (AvgIpc) is 2.34. The molecule has 1 aromatic rings. The largest absolute Gasteiger partial charge is 0.237 e. The van der Waals surface area contributed by atoms with Crippen molar-refractivity contribution < 1.29 is 0 Å². The van der Waals surface area contributed by atoms with Gasteiger partial charge in [-0.25, -0.2) is 10.3 Å². The molecule has 0 saturated heterocycles. The number of nitrogens with zero attached hydrogens (tertiary/aromatic N) is 2. The van der Waals surface area contributed by atoms with E-state index in [0.29, 0.717) is 10.9 Å². The zero-order valence-corrected chi connectivity index (χ0v) is 7.72. The molecule has 2 rings (SSSR count). The van der Waals surface area contributed by atoms with Gasteiger partial charge in [-0.15, -0.1) is 0 Å². The van der Waals surface area contributed by atoms with E-state index in [1.54, 1.807) is 12.4 Å². The van der Waals surface area contributed by atoms with Gasteiger partial charge in [0.25, 0.3) is 0 Å². The molecule has 0 amide bonds. The van der Waals surface area contributed by atoms with E-state index in [0.717, 1.165) is 10.0 Å². The first kappa shape index (κ1) is 7.13. The molecule has 1 radical (unpaired) electrons. The van der Waals surface area contributed by atoms with Crippen molar-refractivity contribution in [1.82, 2.24) is 10.3 Å². The minimum Gasteiger partial charge on any atom is -0.237 e. The molecule has 0 saturated carbocycles. The van der Waals surface area contributed by atoms with Gasteiger partial charge in [-0.2, -0.15) is 0 Å². The summed E-state index contributed by atoms with van der Waals surface area (Å²) in [5.74, 6) is 0.685. The van der Waals surface area contributed by atoms with Crippen molar-refractivity contribution in [1.29, 1.82) is 0 Å². The van der Waals surface area contributed by atoms with E-state index < -0.39 is 0 Å². The van der Waals surface area contributed by atoms with Gasteiger partial charge in [0.2, 0.25) is 0 Å². The van der Waals surface area contributed by atoms with Crippen LogP contribution in [0.15, 0.2) is 22.9 Å². The van der Waals surface area contributed by atoms with Crippen LogP contribution in [0.25, 0.3) is 5.03 Å². The third-order valence-corrected chi connectivity index (χ3v) is 2.37. The van der Waals surface area contributed by atoms with Crippen LogP contribution >= 0.6 is 27.5 Å². The van der Waals surface area contributed by atoms with Gasteiger partial charge in [0.15, 0.2) is 5.82 Å². The van der Waals surface area contributed by atoms with E-state index in [-0.39, 0.29) is 0 Å². The Hall–Kier alpha value is -0.540. The second kappa shape index (κ2) is 2.50. The normalized spacial score (nSPS) is 13.8. The Labute approximate surface area is 77.4 Å². The van der Waals surface area contributed by atoms with E-state index in [2.05, 4.69) is 26.2 Å². The second-order valence-corrected chi connectivity index (χ2v) is 3.36. The van der Waals surface area contributed by atoms with Crippen molar-refractivity contribution in [2.45, 2.75) is 0 Å². The summed E-state index contributed by atoms with van der Waals surface area (Å²) in [7, 11) is 0. The van der Waals surface area contributed by atoms with Crippen LogP contribution in [0.1, 0.15) is 5.56 Å². The molecule has 0 aromatic carbocycles. The van der Waals surface area contributed by atoms with Crippen LogP contribution in [-0.2, 0) is 0 Å². The fourth-order valence-corrected chi connectivity index (χ4v) is 1.79. The highest BCUT2D eigenvalue weighted by atomic mass is 79.9. The smallest absolute Gasteiger partial charge is 0.161 e. The highest BCUT2D eigenvalue weighted by molar-refractivity contribution is 9.10. The molecule has 11 heavy (non-hydrogen) atoms. The number of pyridine rings is 1. The van der Waals surface area contributed by atoms with E-state index in [4.69, 9.17) is 11.6 Å². The van der Waals surface area contributed by atoms with Gasteiger partial charge in [-0.1, -0.05) is 11.6 Å². The lowest BCUT2D eigenvalue weighted by Gasteiger charge is -1.98. The molecule has 0 atom stereocenters. The summed E-state index contributed by atoms with van der Waals surface area (Å²) in [6.45, 7) is 0. The predicted molar refractivity (Wildman–Crippen MR) is 47.6 cm³/mol. The van der Waals surface area contributed by atoms with Crippen molar-refractivity contribution in [3.8, 4) is 0 Å². The molecule has 1 aromatic heterocycles. The summed E-state index contributed by atoms with van der Waals surface area (Å²) >= 11 is 9.21. The minimum atomic E-state index is 0.639. The van der Waals surface area contributed by atoms with Crippen LogP contribution < -0.4 is 5.32 Å². The summed E-state index contributed by atoms with van der Waals surface area (Å²) < 4.78 is 0.935. The molecule has 0 unspecified atom stereocenters. The molecule has 1 aliphatic rings. The molecular formula is C7H3BrClN2. The van der Waals surface area contributed by atoms with Gasteiger partial charge in [0.05, 0.1) is 10.6 Å². The topological polar surface area (TPSA) is 27.0 Å². The van der Waals surface area contributed by atoms with Crippen molar-refractivity contribution in [2.24, 2.45) is 0 Å². The monoisotopic (exact) mass is 229 g/mol. The number of aromatic nitrogens is 1. The van der Waals surface area contributed by atoms with Crippen LogP contribution in [0.4, 0.5) is 5.82 Å². The molecule has 0 bridgehead atoms. The Balaban J connectivity index is 2.67. The maximum atomic E-state index is 5.85. The van der Waals surface area contributed by atoms with E-state index in [9.17, 15) is 0 Å². The lowest BCUT2D eigenvalue weighted by atomic mass is 10.3. The molecule has 0 N–H and O–H groups in total. The highest BCUT2D eigenvalue weighted by Crippen LogP contribution is 2.36. The molecule has 2 nitrogen and oxygen atoms in total. The van der Waals surface area contributed by atoms with Gasteiger partial charge < -0.3 is 0 Å². The third kappa shape index (κ3) is 1.04. The summed E-state index contributed by atoms with van der Waals surface area (Å²) in [5.41, 5.74) is 0.883. The van der Waals surface area contributed by atoms with Gasteiger partial charge in [0.1, 0.15) is 0 Å². The number of hydrogen-bond donors (Lipinski definition) is 0. The van der Waals surface area contributed by atoms with E-state index >= 15 is 0 Å². The molecule has 55 valence electrons. The maximum absolute atomic E-state index is 5.85. The van der Waals surface area contributed by atoms with Crippen molar-refractivity contribution >= 4 is 38.4 Å². The first-order chi connectivity index (χ1) is 5.29. The van der Waals surface area contributed by atoms with Crippen molar-refractivity contribution in [2.75, 3.05) is 0 Å². The quantitative estimate of drug-likeness (QED) is 0.673. The maximum Gasteiger partial charge on any atom is 0.161 e. The SMILES string of the molecule is ClC1=C[N]c2nccc(Br)c21. The number of hydrogen-bond acceptors (Lipinski definition) is 1. The Morgan fingerprint density at radius 2 is 2.27 bits per heavy atom. The Morgan fingerprint density at radius 1 is 1.45 bits per heavy atom. The molecule has 0 spiro atoms. The van der Waals surface area contributed by atoms with Gasteiger partial charge >= 0.3 is 0 Å². The Morgan fingerprint density at radius 3 is 3.00 bits per heavy atom. The first-order valence-corrected chi connectivity index (χ1v) is 4.17. The third-order valence-electron chi connectivity index (χ3n) is 1.42. The molecular weight excluding hydrogens is 227 g/mol. The molecule has 1 aliphatic heterocycles. The standard InChI is InChI=1S/C7H3BrClN2/c8-4-1-2-10-7-6(4)5(9)3-11-7/h1-3H. The van der Waals surface area contributed by atoms with Gasteiger partial charge in [-0.3, -0.25) is 0 Å². The Bertz CT molecular complexity index is 335. The average molecular weight is 230 g/mol. The van der Waals surface area contributed by atoms with Crippen molar-refractivity contribution in [3.05, 3.63) is 28.5 Å². The van der Waals surface area contributed by atoms with Gasteiger partial charge in [-0.05, 0) is 22.0 Å². The highest BCUT2D eigenvalue weighted by Gasteiger charge is 2.17. The van der Waals surface area contributed by atoms with Crippen LogP contribution in [0.5, 0.6) is 0 Å². The second-order valence-electron chi connectivity index (χ2n) is 2.10. The van der Waals surface area contributed by atoms with Crippen molar-refractivity contribution in [3.63, 3.8) is 0 Å². The van der Waals surface area contributed by atoms with Gasteiger partial charge in [0, 0.05) is 16.9 Å². The van der Waals surface area contributed by atoms with Crippen LogP contribution in [0.3, 0.4) is 0 Å². The zero-order valence-electron chi connectivity index (χ0n) is 5.38.